The Morgan fingerprint density at radius 3 is 1.26 bits per heavy atom. The van der Waals surface area contributed by atoms with E-state index in [1.54, 1.807) is 0 Å². The van der Waals surface area contributed by atoms with Gasteiger partial charge in [-0.05, 0) is 48.3 Å². The lowest BCUT2D eigenvalue weighted by Gasteiger charge is -2.32. The summed E-state index contributed by atoms with van der Waals surface area (Å²) in [7, 11) is 2.15. The van der Waals surface area contributed by atoms with Gasteiger partial charge in [0.15, 0.2) is 0 Å². The summed E-state index contributed by atoms with van der Waals surface area (Å²) < 4.78 is 0. The van der Waals surface area contributed by atoms with Gasteiger partial charge < -0.3 is 14.7 Å². The van der Waals surface area contributed by atoms with E-state index in [1.165, 1.54) is 30.4 Å². The van der Waals surface area contributed by atoms with E-state index in [0.29, 0.717) is 0 Å². The van der Waals surface area contributed by atoms with Gasteiger partial charge in [-0.1, -0.05) is 49.0 Å². The molecule has 0 saturated carbocycles. The molecule has 2 saturated heterocycles. The van der Waals surface area contributed by atoms with Crippen molar-refractivity contribution < 1.29 is 0 Å². The van der Waals surface area contributed by atoms with Crippen LogP contribution in [0.2, 0.25) is 0 Å². The fraction of sp³-hybridized carbons (Fsp3) is 0.704. The van der Waals surface area contributed by atoms with E-state index in [9.17, 15) is 0 Å². The molecule has 0 aromatic carbocycles. The lowest BCUT2D eigenvalue weighted by atomic mass is 9.89. The van der Waals surface area contributed by atoms with Crippen LogP contribution < -0.4 is 9.80 Å². The second kappa shape index (κ2) is 11.9. The quantitative estimate of drug-likeness (QED) is 0.618. The fourth-order valence-corrected chi connectivity index (χ4v) is 3.84. The Bertz CT molecular complexity index is 837. The lowest BCUT2D eigenvalue weighted by Crippen LogP contribution is -2.45. The first-order valence-corrected chi connectivity index (χ1v) is 12.4. The van der Waals surface area contributed by atoms with Gasteiger partial charge in [-0.15, -0.1) is 0 Å². The van der Waals surface area contributed by atoms with Crippen LogP contribution in [0.25, 0.3) is 0 Å². The molecule has 2 aromatic rings. The standard InChI is InChI=1S/C13H22N4.C13H21N3.CH4/c1-13(2,3)11-9-14-12(15-10-11)17-7-5-16(4)6-8-17;1-13(2,3)11-9-14-12(15-10-11)16-7-5-4-6-8-16;/h9-10H,5-8H2,1-4H3;9-10H,4-8H2,1-3H3;1H4. The summed E-state index contributed by atoms with van der Waals surface area (Å²) in [6.45, 7) is 19.5. The van der Waals surface area contributed by atoms with Gasteiger partial charge >= 0.3 is 0 Å². The number of nitrogens with zero attached hydrogens (tertiary/aromatic N) is 7. The maximum Gasteiger partial charge on any atom is 0.225 e. The molecule has 0 spiro atoms. The van der Waals surface area contributed by atoms with E-state index >= 15 is 0 Å². The molecule has 0 aliphatic carbocycles. The van der Waals surface area contributed by atoms with Gasteiger partial charge in [-0.25, -0.2) is 19.9 Å². The minimum Gasteiger partial charge on any atom is -0.341 e. The molecule has 2 aliphatic heterocycles. The van der Waals surface area contributed by atoms with Crippen molar-refractivity contribution in [2.45, 2.75) is 79.1 Å². The first-order chi connectivity index (χ1) is 15.5. The number of piperazine rings is 1. The Labute approximate surface area is 208 Å². The lowest BCUT2D eigenvalue weighted by molar-refractivity contribution is 0.311. The van der Waals surface area contributed by atoms with Crippen LogP contribution in [0.15, 0.2) is 24.8 Å². The summed E-state index contributed by atoms with van der Waals surface area (Å²) in [6, 6.07) is 0. The number of hydrogen-bond acceptors (Lipinski definition) is 7. The highest BCUT2D eigenvalue weighted by Gasteiger charge is 2.19. The first-order valence-electron chi connectivity index (χ1n) is 12.4. The smallest absolute Gasteiger partial charge is 0.225 e. The maximum absolute atomic E-state index is 4.49. The van der Waals surface area contributed by atoms with Crippen LogP contribution in [0.1, 0.15) is 79.4 Å². The van der Waals surface area contributed by atoms with Crippen LogP contribution in [-0.4, -0.2) is 71.2 Å². The van der Waals surface area contributed by atoms with E-state index < -0.39 is 0 Å². The Morgan fingerprint density at radius 1 is 0.559 bits per heavy atom. The van der Waals surface area contributed by atoms with E-state index in [4.69, 9.17) is 0 Å². The molecular weight excluding hydrogens is 422 g/mol. The molecule has 0 unspecified atom stereocenters. The molecule has 0 radical (unpaired) electrons. The molecule has 0 atom stereocenters. The van der Waals surface area contributed by atoms with Crippen LogP contribution in [0.3, 0.4) is 0 Å². The minimum absolute atomic E-state index is 0. The third kappa shape index (κ3) is 7.90. The Kier molecular flexibility index (Phi) is 9.80. The van der Waals surface area contributed by atoms with Gasteiger partial charge in [0.2, 0.25) is 11.9 Å². The zero-order valence-electron chi connectivity index (χ0n) is 21.8. The van der Waals surface area contributed by atoms with Crippen molar-refractivity contribution in [1.29, 1.82) is 0 Å². The highest BCUT2D eigenvalue weighted by molar-refractivity contribution is 5.32. The van der Waals surface area contributed by atoms with Crippen molar-refractivity contribution in [1.82, 2.24) is 24.8 Å². The highest BCUT2D eigenvalue weighted by atomic mass is 15.3. The van der Waals surface area contributed by atoms with E-state index in [-0.39, 0.29) is 18.3 Å². The molecule has 0 amide bonds. The summed E-state index contributed by atoms with van der Waals surface area (Å²) >= 11 is 0. The predicted molar refractivity (Wildman–Crippen MR) is 144 cm³/mol. The maximum atomic E-state index is 4.49. The molecule has 7 heteroatoms. The first kappa shape index (κ1) is 28.0. The number of likely N-dealkylation sites (N-methyl/N-ethyl adjacent to an activating group) is 1. The molecule has 0 bridgehead atoms. The predicted octanol–water partition coefficient (Wildman–Crippen LogP) is 4.93. The van der Waals surface area contributed by atoms with Gasteiger partial charge in [-0.2, -0.15) is 0 Å². The van der Waals surface area contributed by atoms with Crippen molar-refractivity contribution in [3.05, 3.63) is 35.9 Å². The molecule has 190 valence electrons. The summed E-state index contributed by atoms with van der Waals surface area (Å²) in [4.78, 5) is 24.8. The SMILES string of the molecule is C.CC(C)(C)c1cnc(N2CCCCC2)nc1.CN1CCN(c2ncc(C(C)(C)C)cn2)CC1. The van der Waals surface area contributed by atoms with Crippen LogP contribution in [0, 0.1) is 0 Å². The van der Waals surface area contributed by atoms with Gasteiger partial charge in [0.05, 0.1) is 0 Å². The molecule has 4 rings (SSSR count). The molecule has 34 heavy (non-hydrogen) atoms. The average Bonchev–Trinajstić information content (AvgIpc) is 2.80. The molecular formula is C27H47N7. The summed E-state index contributed by atoms with van der Waals surface area (Å²) in [6.07, 6.45) is 11.7. The Hall–Kier alpha value is -2.28. The molecule has 7 nitrogen and oxygen atoms in total. The largest absolute Gasteiger partial charge is 0.341 e. The van der Waals surface area contributed by atoms with E-state index in [1.807, 2.05) is 24.8 Å². The second-order valence-corrected chi connectivity index (χ2v) is 11.4. The average molecular weight is 470 g/mol. The van der Waals surface area contributed by atoms with Crippen molar-refractivity contribution in [3.63, 3.8) is 0 Å². The topological polar surface area (TPSA) is 61.3 Å². The number of anilines is 2. The fourth-order valence-electron chi connectivity index (χ4n) is 3.84. The van der Waals surface area contributed by atoms with Crippen LogP contribution in [0.4, 0.5) is 11.9 Å². The summed E-state index contributed by atoms with van der Waals surface area (Å²) in [5.41, 5.74) is 2.66. The van der Waals surface area contributed by atoms with Crippen LogP contribution >= 0.6 is 0 Å². The van der Waals surface area contributed by atoms with Crippen LogP contribution in [0.5, 0.6) is 0 Å². The zero-order valence-corrected chi connectivity index (χ0v) is 21.8. The third-order valence-electron chi connectivity index (χ3n) is 6.43. The number of aromatic nitrogens is 4. The van der Waals surface area contributed by atoms with E-state index in [2.05, 4.69) is 83.2 Å². The van der Waals surface area contributed by atoms with Crippen molar-refractivity contribution in [2.24, 2.45) is 0 Å². The number of piperidine rings is 1. The Balaban J connectivity index is 0.000000234. The summed E-state index contributed by atoms with van der Waals surface area (Å²) in [5.74, 6) is 1.76. The monoisotopic (exact) mass is 469 g/mol. The molecule has 2 aromatic heterocycles. The zero-order chi connectivity index (χ0) is 24.1. The van der Waals surface area contributed by atoms with Gasteiger partial charge in [0, 0.05) is 64.1 Å². The van der Waals surface area contributed by atoms with Crippen molar-refractivity contribution in [2.75, 3.05) is 56.1 Å². The molecule has 2 aliphatic rings. The van der Waals surface area contributed by atoms with Crippen molar-refractivity contribution in [3.8, 4) is 0 Å². The van der Waals surface area contributed by atoms with Crippen LogP contribution in [-0.2, 0) is 10.8 Å². The minimum atomic E-state index is 0. The third-order valence-corrected chi connectivity index (χ3v) is 6.43. The van der Waals surface area contributed by atoms with Gasteiger partial charge in [0.25, 0.3) is 0 Å². The van der Waals surface area contributed by atoms with Crippen molar-refractivity contribution >= 4 is 11.9 Å². The van der Waals surface area contributed by atoms with Gasteiger partial charge in [0.1, 0.15) is 0 Å². The van der Waals surface area contributed by atoms with E-state index in [0.717, 1.165) is 51.2 Å². The number of rotatable bonds is 2. The Morgan fingerprint density at radius 2 is 0.912 bits per heavy atom. The highest BCUT2D eigenvalue weighted by Crippen LogP contribution is 2.23. The molecule has 0 N–H and O–H groups in total. The summed E-state index contributed by atoms with van der Waals surface area (Å²) in [5, 5.41) is 0. The molecule has 2 fully saturated rings. The van der Waals surface area contributed by atoms with Gasteiger partial charge in [-0.3, -0.25) is 0 Å². The molecule has 4 heterocycles. The number of hydrogen-bond donors (Lipinski definition) is 0. The normalized spacial score (nSPS) is 17.5. The second-order valence-electron chi connectivity index (χ2n) is 11.4.